The topological polar surface area (TPSA) is 41.1 Å². The van der Waals surface area contributed by atoms with E-state index in [0.717, 1.165) is 30.5 Å². The Labute approximate surface area is 148 Å². The number of carbonyl (C=O) groups is 1. The molecule has 0 radical (unpaired) electrons. The third kappa shape index (κ3) is 4.25. The third-order valence-corrected chi connectivity index (χ3v) is 4.60. The summed E-state index contributed by atoms with van der Waals surface area (Å²) in [5.74, 6) is 0. The van der Waals surface area contributed by atoms with Crippen molar-refractivity contribution in [3.63, 3.8) is 0 Å². The van der Waals surface area contributed by atoms with Crippen molar-refractivity contribution < 1.29 is 18.0 Å². The number of alkyl halides is 3. The molecule has 0 aliphatic heterocycles. The number of amides is 2. The first-order valence-electron chi connectivity index (χ1n) is 7.77. The second-order valence-corrected chi connectivity index (χ2v) is 6.61. The number of carbonyl (C=O) groups excluding carboxylic acids is 1. The van der Waals surface area contributed by atoms with Gasteiger partial charge in [0.25, 0.3) is 0 Å². The Morgan fingerprint density at radius 2 is 1.80 bits per heavy atom. The van der Waals surface area contributed by atoms with Crippen LogP contribution in [0.15, 0.2) is 48.5 Å². The highest BCUT2D eigenvalue weighted by Crippen LogP contribution is 2.47. The summed E-state index contributed by atoms with van der Waals surface area (Å²) in [5, 5.41) is 5.83. The van der Waals surface area contributed by atoms with Gasteiger partial charge in [0.1, 0.15) is 0 Å². The van der Waals surface area contributed by atoms with Gasteiger partial charge >= 0.3 is 12.2 Å². The standard InChI is InChI=1S/C18H16ClF3N2O/c19-14-6-4-12(5-7-14)17(8-9-17)11-23-16(25)24-15-3-1-2-13(10-15)18(20,21)22/h1-7,10H,8-9,11H2,(H2,23,24,25). The van der Waals surface area contributed by atoms with Gasteiger partial charge in [-0.2, -0.15) is 13.2 Å². The smallest absolute Gasteiger partial charge is 0.337 e. The van der Waals surface area contributed by atoms with Gasteiger partial charge in [-0.05, 0) is 48.7 Å². The van der Waals surface area contributed by atoms with Crippen LogP contribution in [-0.2, 0) is 11.6 Å². The fraction of sp³-hybridized carbons (Fsp3) is 0.278. The predicted octanol–water partition coefficient (Wildman–Crippen LogP) is 5.21. The number of nitrogens with one attached hydrogen (secondary N) is 2. The van der Waals surface area contributed by atoms with E-state index in [9.17, 15) is 18.0 Å². The second kappa shape index (κ2) is 6.59. The van der Waals surface area contributed by atoms with Gasteiger partial charge in [-0.15, -0.1) is 0 Å². The summed E-state index contributed by atoms with van der Waals surface area (Å²) < 4.78 is 38.1. The highest BCUT2D eigenvalue weighted by atomic mass is 35.5. The molecule has 132 valence electrons. The second-order valence-electron chi connectivity index (χ2n) is 6.17. The van der Waals surface area contributed by atoms with E-state index in [2.05, 4.69) is 10.6 Å². The van der Waals surface area contributed by atoms with Crippen molar-refractivity contribution in [3.8, 4) is 0 Å². The molecule has 2 N–H and O–H groups in total. The summed E-state index contributed by atoms with van der Waals surface area (Å²) in [4.78, 5) is 12.0. The molecule has 2 aromatic carbocycles. The molecule has 2 amide bonds. The lowest BCUT2D eigenvalue weighted by Crippen LogP contribution is -2.35. The average molecular weight is 369 g/mol. The van der Waals surface area contributed by atoms with Crippen LogP contribution >= 0.6 is 11.6 Å². The van der Waals surface area contributed by atoms with Crippen molar-refractivity contribution in [2.75, 3.05) is 11.9 Å². The molecule has 0 saturated heterocycles. The lowest BCUT2D eigenvalue weighted by molar-refractivity contribution is -0.137. The number of hydrogen-bond donors (Lipinski definition) is 2. The Kier molecular flexibility index (Phi) is 4.64. The number of halogens is 4. The minimum atomic E-state index is -4.44. The monoisotopic (exact) mass is 368 g/mol. The van der Waals surface area contributed by atoms with Crippen LogP contribution in [0.1, 0.15) is 24.0 Å². The van der Waals surface area contributed by atoms with Gasteiger partial charge in [0.05, 0.1) is 5.56 Å². The molecule has 7 heteroatoms. The molecular weight excluding hydrogens is 353 g/mol. The maximum atomic E-state index is 12.7. The van der Waals surface area contributed by atoms with Gasteiger partial charge in [-0.3, -0.25) is 0 Å². The highest BCUT2D eigenvalue weighted by Gasteiger charge is 2.44. The summed E-state index contributed by atoms with van der Waals surface area (Å²) in [5.41, 5.74) is 0.278. The Morgan fingerprint density at radius 1 is 1.12 bits per heavy atom. The van der Waals surface area contributed by atoms with Crippen LogP contribution in [0.2, 0.25) is 5.02 Å². The van der Waals surface area contributed by atoms with Crippen LogP contribution in [0.4, 0.5) is 23.7 Å². The first-order chi connectivity index (χ1) is 11.8. The number of anilines is 1. The highest BCUT2D eigenvalue weighted by molar-refractivity contribution is 6.30. The quantitative estimate of drug-likeness (QED) is 0.764. The van der Waals surface area contributed by atoms with Gasteiger partial charge in [0.2, 0.25) is 0 Å². The zero-order chi connectivity index (χ0) is 18.1. The van der Waals surface area contributed by atoms with E-state index in [1.807, 2.05) is 12.1 Å². The Morgan fingerprint density at radius 3 is 2.40 bits per heavy atom. The zero-order valence-electron chi connectivity index (χ0n) is 13.2. The number of rotatable bonds is 4. The molecule has 1 saturated carbocycles. The number of hydrogen-bond acceptors (Lipinski definition) is 1. The minimum Gasteiger partial charge on any atom is -0.337 e. The summed E-state index contributed by atoms with van der Waals surface area (Å²) >= 11 is 5.88. The maximum Gasteiger partial charge on any atom is 0.416 e. The van der Waals surface area contributed by atoms with Crippen LogP contribution < -0.4 is 10.6 Å². The zero-order valence-corrected chi connectivity index (χ0v) is 13.9. The first kappa shape index (κ1) is 17.6. The average Bonchev–Trinajstić information content (AvgIpc) is 3.34. The third-order valence-electron chi connectivity index (χ3n) is 4.35. The fourth-order valence-electron chi connectivity index (χ4n) is 2.72. The number of urea groups is 1. The van der Waals surface area contributed by atoms with Gasteiger partial charge < -0.3 is 10.6 Å². The molecule has 0 heterocycles. The lowest BCUT2D eigenvalue weighted by Gasteiger charge is -2.17. The van der Waals surface area contributed by atoms with Crippen LogP contribution in [0.25, 0.3) is 0 Å². The van der Waals surface area contributed by atoms with Gasteiger partial charge in [0.15, 0.2) is 0 Å². The molecule has 2 aromatic rings. The van der Waals surface area contributed by atoms with Gasteiger partial charge in [0, 0.05) is 22.7 Å². The molecular formula is C18H16ClF3N2O. The molecule has 1 aliphatic carbocycles. The normalized spacial score (nSPS) is 15.5. The van der Waals surface area contributed by atoms with Crippen LogP contribution in [-0.4, -0.2) is 12.6 Å². The summed E-state index contributed by atoms with van der Waals surface area (Å²) in [6.45, 7) is 0.416. The first-order valence-corrected chi connectivity index (χ1v) is 8.14. The van der Waals surface area contributed by atoms with Crippen molar-refractivity contribution in [2.45, 2.75) is 24.4 Å². The summed E-state index contributed by atoms with van der Waals surface area (Å²) in [6.07, 6.45) is -2.56. The van der Waals surface area contributed by atoms with E-state index >= 15 is 0 Å². The number of benzene rings is 2. The van der Waals surface area contributed by atoms with Crippen molar-refractivity contribution >= 4 is 23.3 Å². The van der Waals surface area contributed by atoms with E-state index in [1.165, 1.54) is 12.1 Å². The van der Waals surface area contributed by atoms with Crippen LogP contribution in [0.3, 0.4) is 0 Å². The molecule has 0 spiro atoms. The van der Waals surface area contributed by atoms with Crippen LogP contribution in [0.5, 0.6) is 0 Å². The molecule has 1 fully saturated rings. The molecule has 0 bridgehead atoms. The van der Waals surface area contributed by atoms with Crippen molar-refractivity contribution in [1.82, 2.24) is 5.32 Å². The fourth-order valence-corrected chi connectivity index (χ4v) is 2.85. The Hall–Kier alpha value is -2.21. The molecule has 0 unspecified atom stereocenters. The van der Waals surface area contributed by atoms with Crippen molar-refractivity contribution in [2.24, 2.45) is 0 Å². The van der Waals surface area contributed by atoms with E-state index < -0.39 is 17.8 Å². The molecule has 3 nitrogen and oxygen atoms in total. The SMILES string of the molecule is O=C(NCC1(c2ccc(Cl)cc2)CC1)Nc1cccc(C(F)(F)F)c1. The van der Waals surface area contributed by atoms with Gasteiger partial charge in [-0.25, -0.2) is 4.79 Å². The Balaban J connectivity index is 1.59. The molecule has 3 rings (SSSR count). The molecule has 0 aromatic heterocycles. The maximum absolute atomic E-state index is 12.7. The summed E-state index contributed by atoms with van der Waals surface area (Å²) in [6, 6.07) is 11.5. The molecule has 1 aliphatic rings. The van der Waals surface area contributed by atoms with Gasteiger partial charge in [-0.1, -0.05) is 29.8 Å². The van der Waals surface area contributed by atoms with Crippen molar-refractivity contribution in [3.05, 3.63) is 64.7 Å². The van der Waals surface area contributed by atoms with Crippen LogP contribution in [0, 0.1) is 0 Å². The predicted molar refractivity (Wildman–Crippen MR) is 90.8 cm³/mol. The molecule has 0 atom stereocenters. The van der Waals surface area contributed by atoms with E-state index in [4.69, 9.17) is 11.6 Å². The van der Waals surface area contributed by atoms with E-state index in [-0.39, 0.29) is 11.1 Å². The molecule has 25 heavy (non-hydrogen) atoms. The van der Waals surface area contributed by atoms with E-state index in [0.29, 0.717) is 11.6 Å². The Bertz CT molecular complexity index is 771. The minimum absolute atomic E-state index is 0.101. The lowest BCUT2D eigenvalue weighted by atomic mass is 9.96. The van der Waals surface area contributed by atoms with E-state index in [1.54, 1.807) is 12.1 Å². The summed E-state index contributed by atoms with van der Waals surface area (Å²) in [7, 11) is 0. The largest absolute Gasteiger partial charge is 0.416 e. The van der Waals surface area contributed by atoms with Crippen molar-refractivity contribution in [1.29, 1.82) is 0 Å².